The van der Waals surface area contributed by atoms with E-state index in [0.717, 1.165) is 28.4 Å². The summed E-state index contributed by atoms with van der Waals surface area (Å²) in [6.07, 6.45) is 8.26. The summed E-state index contributed by atoms with van der Waals surface area (Å²) < 4.78 is 13.2. The summed E-state index contributed by atoms with van der Waals surface area (Å²) in [7, 11) is 0. The molecular weight excluding hydrogens is 474 g/mol. The van der Waals surface area contributed by atoms with Gasteiger partial charge in [-0.2, -0.15) is 0 Å². The van der Waals surface area contributed by atoms with Crippen molar-refractivity contribution in [1.29, 1.82) is 0 Å². The van der Waals surface area contributed by atoms with E-state index in [-0.39, 0.29) is 0 Å². The maximum absolute atomic E-state index is 6.26. The number of benzene rings is 2. The zero-order valence-electron chi connectivity index (χ0n) is 20.6. The normalized spacial score (nSPS) is 32.2. The van der Waals surface area contributed by atoms with Crippen molar-refractivity contribution >= 4 is 15.9 Å². The van der Waals surface area contributed by atoms with Crippen molar-refractivity contribution in [2.45, 2.75) is 84.9 Å². The van der Waals surface area contributed by atoms with Gasteiger partial charge in [-0.25, -0.2) is 0 Å². The van der Waals surface area contributed by atoms with Gasteiger partial charge in [0.1, 0.15) is 6.61 Å². The molecule has 4 heteroatoms. The quantitative estimate of drug-likeness (QED) is 0.396. The summed E-state index contributed by atoms with van der Waals surface area (Å²) in [5.74, 6) is 2.51. The molecule has 0 heterocycles. The first-order valence-corrected chi connectivity index (χ1v) is 13.4. The first-order chi connectivity index (χ1) is 15.7. The molecule has 4 aliphatic rings. The summed E-state index contributed by atoms with van der Waals surface area (Å²) in [5.41, 5.74) is 5.02. The second kappa shape index (κ2) is 8.61. The van der Waals surface area contributed by atoms with E-state index in [4.69, 9.17) is 9.47 Å². The predicted molar refractivity (Wildman–Crippen MR) is 138 cm³/mol. The summed E-state index contributed by atoms with van der Waals surface area (Å²) >= 11 is 3.78. The Morgan fingerprint density at radius 2 is 1.73 bits per heavy atom. The van der Waals surface area contributed by atoms with Crippen molar-refractivity contribution in [3.05, 3.63) is 57.6 Å². The summed E-state index contributed by atoms with van der Waals surface area (Å²) in [4.78, 5) is 0. The van der Waals surface area contributed by atoms with Gasteiger partial charge in [-0.1, -0.05) is 38.1 Å². The molecule has 2 aromatic carbocycles. The molecule has 6 rings (SSSR count). The van der Waals surface area contributed by atoms with Crippen molar-refractivity contribution in [1.82, 2.24) is 5.32 Å². The van der Waals surface area contributed by atoms with Crippen molar-refractivity contribution in [2.24, 2.45) is 16.7 Å². The third kappa shape index (κ3) is 4.71. The van der Waals surface area contributed by atoms with Crippen LogP contribution in [-0.4, -0.2) is 12.1 Å². The minimum absolute atomic E-state index is 0.293. The molecule has 4 atom stereocenters. The van der Waals surface area contributed by atoms with Crippen LogP contribution in [0.5, 0.6) is 11.5 Å². The molecule has 0 saturated heterocycles. The zero-order chi connectivity index (χ0) is 23.3. The zero-order valence-corrected chi connectivity index (χ0v) is 22.2. The highest BCUT2D eigenvalue weighted by molar-refractivity contribution is 9.10. The molecule has 4 aliphatic carbocycles. The van der Waals surface area contributed by atoms with Crippen LogP contribution in [0, 0.1) is 23.7 Å². The Hall–Kier alpha value is -1.52. The SMILES string of the molecule is CCOc1cc(CNC23CC4C[C@@](C)(C2)C[C@](C)(C4)C3)cc(Br)c1OCc1ccccc1C. The monoisotopic (exact) mass is 511 g/mol. The molecule has 4 saturated carbocycles. The lowest BCUT2D eigenvalue weighted by molar-refractivity contribution is -0.118. The largest absolute Gasteiger partial charge is 0.490 e. The minimum Gasteiger partial charge on any atom is -0.490 e. The molecule has 2 aromatic rings. The van der Waals surface area contributed by atoms with Gasteiger partial charge in [-0.15, -0.1) is 0 Å². The smallest absolute Gasteiger partial charge is 0.175 e. The van der Waals surface area contributed by atoms with Crippen molar-refractivity contribution in [2.75, 3.05) is 6.61 Å². The Labute approximate surface area is 207 Å². The van der Waals surface area contributed by atoms with Gasteiger partial charge in [0.25, 0.3) is 0 Å². The molecule has 2 unspecified atom stereocenters. The van der Waals surface area contributed by atoms with Gasteiger partial charge in [0, 0.05) is 12.1 Å². The van der Waals surface area contributed by atoms with Crippen LogP contribution in [0.2, 0.25) is 0 Å². The lowest BCUT2D eigenvalue weighted by atomic mass is 9.43. The standard InChI is InChI=1S/C29H38BrNO2/c1-5-32-25-11-21(10-24(30)26(25)33-16-23-9-7-6-8-20(23)2)15-31-29-14-22-12-27(3,18-29)17-28(4,13-22)19-29/h6-11,22,31H,5,12-19H2,1-4H3/t22?,27-,28+,29?. The van der Waals surface area contributed by atoms with Gasteiger partial charge >= 0.3 is 0 Å². The van der Waals surface area contributed by atoms with Gasteiger partial charge in [0.05, 0.1) is 11.1 Å². The Kier molecular flexibility index (Phi) is 6.06. The second-order valence-electron chi connectivity index (χ2n) is 11.8. The summed E-state index contributed by atoms with van der Waals surface area (Å²) in [5, 5.41) is 4.06. The molecular formula is C29H38BrNO2. The number of halogens is 1. The predicted octanol–water partition coefficient (Wildman–Crippen LogP) is 7.57. The van der Waals surface area contributed by atoms with Gasteiger partial charge in [0.2, 0.25) is 0 Å². The van der Waals surface area contributed by atoms with Crippen LogP contribution < -0.4 is 14.8 Å². The number of nitrogens with one attached hydrogen (secondary N) is 1. The number of aryl methyl sites for hydroxylation is 1. The third-order valence-electron chi connectivity index (χ3n) is 8.30. The molecule has 1 N–H and O–H groups in total. The van der Waals surface area contributed by atoms with E-state index in [0.29, 0.717) is 29.6 Å². The van der Waals surface area contributed by atoms with Crippen molar-refractivity contribution < 1.29 is 9.47 Å². The number of hydrogen-bond donors (Lipinski definition) is 1. The van der Waals surface area contributed by atoms with Crippen LogP contribution in [0.3, 0.4) is 0 Å². The van der Waals surface area contributed by atoms with Crippen molar-refractivity contribution in [3.63, 3.8) is 0 Å². The molecule has 3 nitrogen and oxygen atoms in total. The molecule has 4 fully saturated rings. The van der Waals surface area contributed by atoms with Crippen LogP contribution in [0.25, 0.3) is 0 Å². The highest BCUT2D eigenvalue weighted by Gasteiger charge is 2.59. The first kappa shape index (κ1) is 23.2. The van der Waals surface area contributed by atoms with Crippen LogP contribution in [0.4, 0.5) is 0 Å². The Morgan fingerprint density at radius 3 is 2.39 bits per heavy atom. The summed E-state index contributed by atoms with van der Waals surface area (Å²) in [6, 6.07) is 12.7. The Balaban J connectivity index is 1.33. The van der Waals surface area contributed by atoms with E-state index in [9.17, 15) is 0 Å². The Bertz CT molecular complexity index is 1020. The topological polar surface area (TPSA) is 30.5 Å². The van der Waals surface area contributed by atoms with Gasteiger partial charge in [-0.3, -0.25) is 0 Å². The minimum atomic E-state index is 0.293. The number of rotatable bonds is 8. The van der Waals surface area contributed by atoms with Crippen LogP contribution in [0.15, 0.2) is 40.9 Å². The second-order valence-corrected chi connectivity index (χ2v) is 12.7. The lowest BCUT2D eigenvalue weighted by Crippen LogP contribution is -2.63. The summed E-state index contributed by atoms with van der Waals surface area (Å²) in [6.45, 7) is 11.2. The molecule has 33 heavy (non-hydrogen) atoms. The maximum Gasteiger partial charge on any atom is 0.175 e. The molecule has 4 bridgehead atoms. The van der Waals surface area contributed by atoms with E-state index >= 15 is 0 Å². The van der Waals surface area contributed by atoms with Gasteiger partial charge in [0.15, 0.2) is 11.5 Å². The average molecular weight is 513 g/mol. The molecule has 0 aromatic heterocycles. The van der Waals surface area contributed by atoms with Gasteiger partial charge in [-0.05, 0) is 114 Å². The highest BCUT2D eigenvalue weighted by Crippen LogP contribution is 2.66. The molecule has 0 spiro atoms. The van der Waals surface area contributed by atoms with Crippen LogP contribution in [-0.2, 0) is 13.2 Å². The Morgan fingerprint density at radius 1 is 1.00 bits per heavy atom. The average Bonchev–Trinajstić information content (AvgIpc) is 2.70. The fourth-order valence-corrected chi connectivity index (χ4v) is 8.59. The van der Waals surface area contributed by atoms with Crippen molar-refractivity contribution in [3.8, 4) is 11.5 Å². The van der Waals surface area contributed by atoms with Crippen LogP contribution >= 0.6 is 15.9 Å². The van der Waals surface area contributed by atoms with E-state index in [1.54, 1.807) is 0 Å². The molecule has 0 amide bonds. The highest BCUT2D eigenvalue weighted by atomic mass is 79.9. The number of ether oxygens (including phenoxy) is 2. The van der Waals surface area contributed by atoms with Gasteiger partial charge < -0.3 is 14.8 Å². The third-order valence-corrected chi connectivity index (χ3v) is 8.89. The maximum atomic E-state index is 6.26. The fourth-order valence-electron chi connectivity index (χ4n) is 7.98. The van der Waals surface area contributed by atoms with E-state index < -0.39 is 0 Å². The van der Waals surface area contributed by atoms with E-state index in [2.05, 4.69) is 78.4 Å². The molecule has 178 valence electrons. The van der Waals surface area contributed by atoms with E-state index in [1.807, 2.05) is 6.92 Å². The van der Waals surface area contributed by atoms with Crippen LogP contribution in [0.1, 0.15) is 76.0 Å². The number of hydrogen-bond acceptors (Lipinski definition) is 3. The fraction of sp³-hybridized carbons (Fsp3) is 0.586. The molecule has 0 aliphatic heterocycles. The first-order valence-electron chi connectivity index (χ1n) is 12.6. The molecule has 0 radical (unpaired) electrons. The lowest BCUT2D eigenvalue weighted by Gasteiger charge is -2.65. The van der Waals surface area contributed by atoms with E-state index in [1.165, 1.54) is 55.2 Å².